The first-order chi connectivity index (χ1) is 8.35. The minimum atomic E-state index is 0.866. The highest BCUT2D eigenvalue weighted by Gasteiger charge is 2.23. The van der Waals surface area contributed by atoms with Gasteiger partial charge >= 0.3 is 0 Å². The van der Waals surface area contributed by atoms with Crippen molar-refractivity contribution in [2.45, 2.75) is 19.3 Å². The van der Waals surface area contributed by atoms with Gasteiger partial charge in [-0.1, -0.05) is 0 Å². The fraction of sp³-hybridized carbons (Fsp3) is 0.333. The van der Waals surface area contributed by atoms with Crippen LogP contribution in [0.4, 0.5) is 0 Å². The molecule has 1 fully saturated rings. The van der Waals surface area contributed by atoms with Gasteiger partial charge in [-0.15, -0.1) is 0 Å². The summed E-state index contributed by atoms with van der Waals surface area (Å²) in [7, 11) is 1.68. The van der Waals surface area contributed by atoms with Crippen LogP contribution in [0.5, 0.6) is 5.75 Å². The molecular formula is C15H16O2. The van der Waals surface area contributed by atoms with E-state index in [1.165, 1.54) is 12.8 Å². The van der Waals surface area contributed by atoms with Gasteiger partial charge in [-0.2, -0.15) is 0 Å². The fourth-order valence-corrected chi connectivity index (χ4v) is 2.00. The van der Waals surface area contributed by atoms with Gasteiger partial charge in [0.2, 0.25) is 0 Å². The third kappa shape index (κ3) is 2.36. The van der Waals surface area contributed by atoms with E-state index in [-0.39, 0.29) is 0 Å². The Labute approximate surface area is 101 Å². The monoisotopic (exact) mass is 228 g/mol. The largest absolute Gasteiger partial charge is 0.497 e. The van der Waals surface area contributed by atoms with Crippen molar-refractivity contribution in [3.63, 3.8) is 0 Å². The van der Waals surface area contributed by atoms with E-state index < -0.39 is 0 Å². The minimum absolute atomic E-state index is 0.866. The van der Waals surface area contributed by atoms with Crippen molar-refractivity contribution in [2.24, 2.45) is 5.92 Å². The number of methoxy groups -OCH3 is 1. The third-order valence-electron chi connectivity index (χ3n) is 3.22. The van der Waals surface area contributed by atoms with Gasteiger partial charge < -0.3 is 9.15 Å². The second kappa shape index (κ2) is 4.28. The number of rotatable bonds is 4. The number of hydrogen-bond donors (Lipinski definition) is 0. The van der Waals surface area contributed by atoms with Crippen LogP contribution in [0.15, 0.2) is 40.8 Å². The Bertz CT molecular complexity index is 492. The van der Waals surface area contributed by atoms with Gasteiger partial charge in [0.05, 0.1) is 7.11 Å². The van der Waals surface area contributed by atoms with E-state index in [2.05, 4.69) is 12.1 Å². The number of furan rings is 1. The van der Waals surface area contributed by atoms with E-state index in [0.717, 1.165) is 35.2 Å². The Balaban J connectivity index is 1.79. The molecule has 0 N–H and O–H groups in total. The summed E-state index contributed by atoms with van der Waals surface area (Å²) in [5.41, 5.74) is 1.10. The van der Waals surface area contributed by atoms with Gasteiger partial charge in [0.1, 0.15) is 17.3 Å². The summed E-state index contributed by atoms with van der Waals surface area (Å²) in [6, 6.07) is 12.1. The lowest BCUT2D eigenvalue weighted by molar-refractivity contribution is 0.415. The maximum absolute atomic E-state index is 5.85. The molecule has 2 aromatic rings. The van der Waals surface area contributed by atoms with Crippen LogP contribution >= 0.6 is 0 Å². The minimum Gasteiger partial charge on any atom is -0.497 e. The first-order valence-corrected chi connectivity index (χ1v) is 6.08. The molecule has 17 heavy (non-hydrogen) atoms. The molecule has 0 unspecified atom stereocenters. The summed E-state index contributed by atoms with van der Waals surface area (Å²) in [5.74, 6) is 3.80. The molecule has 0 radical (unpaired) electrons. The van der Waals surface area contributed by atoms with Gasteiger partial charge in [0.15, 0.2) is 0 Å². The lowest BCUT2D eigenvalue weighted by atomic mass is 10.2. The zero-order chi connectivity index (χ0) is 11.7. The molecule has 1 aromatic heterocycles. The lowest BCUT2D eigenvalue weighted by Crippen LogP contribution is -1.82. The maximum Gasteiger partial charge on any atom is 0.134 e. The molecule has 0 bridgehead atoms. The van der Waals surface area contributed by atoms with Crippen molar-refractivity contribution >= 4 is 0 Å². The second-order valence-corrected chi connectivity index (χ2v) is 4.64. The van der Waals surface area contributed by atoms with Gasteiger partial charge in [0, 0.05) is 12.0 Å². The predicted octanol–water partition coefficient (Wildman–Crippen LogP) is 3.91. The van der Waals surface area contributed by atoms with Crippen LogP contribution in [-0.2, 0) is 6.42 Å². The highest BCUT2D eigenvalue weighted by Crippen LogP contribution is 2.34. The highest BCUT2D eigenvalue weighted by molar-refractivity contribution is 5.58. The average molecular weight is 228 g/mol. The number of hydrogen-bond acceptors (Lipinski definition) is 2. The zero-order valence-corrected chi connectivity index (χ0v) is 9.98. The Hall–Kier alpha value is -1.70. The third-order valence-corrected chi connectivity index (χ3v) is 3.22. The molecule has 0 amide bonds. The van der Waals surface area contributed by atoms with E-state index >= 15 is 0 Å². The molecular weight excluding hydrogens is 212 g/mol. The molecule has 2 heteroatoms. The van der Waals surface area contributed by atoms with Gasteiger partial charge in [-0.25, -0.2) is 0 Å². The van der Waals surface area contributed by atoms with Crippen LogP contribution in [0.2, 0.25) is 0 Å². The Morgan fingerprint density at radius 1 is 1.12 bits per heavy atom. The summed E-state index contributed by atoms with van der Waals surface area (Å²) in [6.07, 6.45) is 3.81. The van der Waals surface area contributed by atoms with Crippen LogP contribution in [0, 0.1) is 5.92 Å². The van der Waals surface area contributed by atoms with Crippen molar-refractivity contribution in [3.8, 4) is 17.1 Å². The SMILES string of the molecule is COc1ccc(-c2ccc(CC3CC3)o2)cc1. The van der Waals surface area contributed by atoms with E-state index in [0.29, 0.717) is 0 Å². The Morgan fingerprint density at radius 2 is 1.88 bits per heavy atom. The molecule has 0 saturated heterocycles. The molecule has 0 aliphatic heterocycles. The van der Waals surface area contributed by atoms with Crippen molar-refractivity contribution < 1.29 is 9.15 Å². The Kier molecular flexibility index (Phi) is 2.63. The van der Waals surface area contributed by atoms with Crippen LogP contribution in [-0.4, -0.2) is 7.11 Å². The topological polar surface area (TPSA) is 22.4 Å². The normalized spacial score (nSPS) is 14.9. The molecule has 3 rings (SSSR count). The number of ether oxygens (including phenoxy) is 1. The van der Waals surface area contributed by atoms with Crippen molar-refractivity contribution in [3.05, 3.63) is 42.2 Å². The Morgan fingerprint density at radius 3 is 2.53 bits per heavy atom. The van der Waals surface area contributed by atoms with E-state index in [9.17, 15) is 0 Å². The first-order valence-electron chi connectivity index (χ1n) is 6.08. The average Bonchev–Trinajstić information content (AvgIpc) is 3.06. The summed E-state index contributed by atoms with van der Waals surface area (Å²) in [5, 5.41) is 0. The number of benzene rings is 1. The molecule has 1 aliphatic rings. The fourth-order valence-electron chi connectivity index (χ4n) is 2.00. The van der Waals surface area contributed by atoms with Crippen molar-refractivity contribution in [2.75, 3.05) is 7.11 Å². The first kappa shape index (κ1) is 10.5. The summed E-state index contributed by atoms with van der Waals surface area (Å²) < 4.78 is 11.0. The van der Waals surface area contributed by atoms with Gasteiger partial charge in [0.25, 0.3) is 0 Å². The van der Waals surface area contributed by atoms with Crippen molar-refractivity contribution in [1.29, 1.82) is 0 Å². The molecule has 1 aromatic carbocycles. The van der Waals surface area contributed by atoms with E-state index in [1.807, 2.05) is 24.3 Å². The second-order valence-electron chi connectivity index (χ2n) is 4.64. The van der Waals surface area contributed by atoms with Gasteiger partial charge in [-0.05, 0) is 55.2 Å². The van der Waals surface area contributed by atoms with E-state index in [1.54, 1.807) is 7.11 Å². The summed E-state index contributed by atoms with van der Waals surface area (Å²) in [4.78, 5) is 0. The van der Waals surface area contributed by atoms with Crippen molar-refractivity contribution in [1.82, 2.24) is 0 Å². The molecule has 0 spiro atoms. The highest BCUT2D eigenvalue weighted by atomic mass is 16.5. The summed E-state index contributed by atoms with van der Waals surface area (Å²) in [6.45, 7) is 0. The van der Waals surface area contributed by atoms with Crippen LogP contribution in [0.25, 0.3) is 11.3 Å². The van der Waals surface area contributed by atoms with Crippen LogP contribution in [0.3, 0.4) is 0 Å². The van der Waals surface area contributed by atoms with Crippen LogP contribution < -0.4 is 4.74 Å². The lowest BCUT2D eigenvalue weighted by Gasteiger charge is -2.00. The molecule has 1 heterocycles. The maximum atomic E-state index is 5.85. The summed E-state index contributed by atoms with van der Waals surface area (Å²) >= 11 is 0. The van der Waals surface area contributed by atoms with Gasteiger partial charge in [-0.3, -0.25) is 0 Å². The quantitative estimate of drug-likeness (QED) is 0.791. The molecule has 1 saturated carbocycles. The molecule has 0 atom stereocenters. The molecule has 88 valence electrons. The smallest absolute Gasteiger partial charge is 0.134 e. The molecule has 1 aliphatic carbocycles. The molecule has 2 nitrogen and oxygen atoms in total. The predicted molar refractivity (Wildman–Crippen MR) is 67.1 cm³/mol. The standard InChI is InChI=1S/C15H16O2/c1-16-13-6-4-12(5-7-13)15-9-8-14(17-15)10-11-2-3-11/h4-9,11H,2-3,10H2,1H3. The van der Waals surface area contributed by atoms with Crippen LogP contribution in [0.1, 0.15) is 18.6 Å². The van der Waals surface area contributed by atoms with E-state index in [4.69, 9.17) is 9.15 Å². The zero-order valence-electron chi connectivity index (χ0n) is 9.98.